The molecular formula is C17H25N5O. The van der Waals surface area contributed by atoms with Crippen molar-refractivity contribution in [2.75, 3.05) is 6.54 Å². The number of aromatic nitrogens is 4. The van der Waals surface area contributed by atoms with Crippen LogP contribution in [0.5, 0.6) is 0 Å². The highest BCUT2D eigenvalue weighted by Crippen LogP contribution is 2.35. The standard InChI is InChI=1S/C17H25N5O/c1-13-17(14(2)20(3)19-13)15-7-4-12-22(15)16(23)8-5-10-21-11-6-9-18-21/h6,9,11,15H,4-5,7-8,10,12H2,1-3H3/t15-/m1/s1. The summed E-state index contributed by atoms with van der Waals surface area (Å²) in [6.07, 6.45) is 7.23. The molecule has 6 heteroatoms. The highest BCUT2D eigenvalue weighted by Gasteiger charge is 2.32. The van der Waals surface area contributed by atoms with Crippen LogP contribution >= 0.6 is 0 Å². The first-order valence-electron chi connectivity index (χ1n) is 8.35. The molecule has 0 bridgehead atoms. The molecular weight excluding hydrogens is 290 g/mol. The zero-order chi connectivity index (χ0) is 16.4. The van der Waals surface area contributed by atoms with Gasteiger partial charge in [0.1, 0.15) is 0 Å². The minimum absolute atomic E-state index is 0.195. The number of hydrogen-bond acceptors (Lipinski definition) is 3. The van der Waals surface area contributed by atoms with E-state index in [4.69, 9.17) is 0 Å². The molecule has 1 fully saturated rings. The highest BCUT2D eigenvalue weighted by atomic mass is 16.2. The van der Waals surface area contributed by atoms with Crippen LogP contribution < -0.4 is 0 Å². The van der Waals surface area contributed by atoms with E-state index in [0.717, 1.165) is 38.0 Å². The number of rotatable bonds is 5. The summed E-state index contributed by atoms with van der Waals surface area (Å²) >= 11 is 0. The average Bonchev–Trinajstić information content (AvgIpc) is 3.22. The Morgan fingerprint density at radius 1 is 1.39 bits per heavy atom. The van der Waals surface area contributed by atoms with Crippen LogP contribution in [0.2, 0.25) is 0 Å². The topological polar surface area (TPSA) is 56.0 Å². The first-order chi connectivity index (χ1) is 11.1. The molecule has 1 saturated heterocycles. The van der Waals surface area contributed by atoms with Gasteiger partial charge in [-0.1, -0.05) is 0 Å². The summed E-state index contributed by atoms with van der Waals surface area (Å²) in [6, 6.07) is 2.10. The van der Waals surface area contributed by atoms with E-state index in [1.807, 2.05) is 35.6 Å². The molecule has 1 atom stereocenters. The lowest BCUT2D eigenvalue weighted by Crippen LogP contribution is -2.31. The molecule has 3 heterocycles. The van der Waals surface area contributed by atoms with E-state index in [0.29, 0.717) is 6.42 Å². The van der Waals surface area contributed by atoms with Crippen molar-refractivity contribution in [3.05, 3.63) is 35.4 Å². The van der Waals surface area contributed by atoms with Gasteiger partial charge in [-0.05, 0) is 39.2 Å². The zero-order valence-electron chi connectivity index (χ0n) is 14.2. The summed E-state index contributed by atoms with van der Waals surface area (Å²) in [5.74, 6) is 0.252. The fraction of sp³-hybridized carbons (Fsp3) is 0.588. The van der Waals surface area contributed by atoms with Crippen LogP contribution in [0.3, 0.4) is 0 Å². The van der Waals surface area contributed by atoms with Crippen molar-refractivity contribution < 1.29 is 4.79 Å². The third-order valence-electron chi connectivity index (χ3n) is 4.81. The molecule has 2 aromatic rings. The number of carbonyl (C=O) groups excluding carboxylic acids is 1. The summed E-state index contributed by atoms with van der Waals surface area (Å²) < 4.78 is 3.80. The van der Waals surface area contributed by atoms with Crippen molar-refractivity contribution in [1.29, 1.82) is 0 Å². The molecule has 0 aromatic carbocycles. The van der Waals surface area contributed by atoms with E-state index in [1.165, 1.54) is 11.3 Å². The summed E-state index contributed by atoms with van der Waals surface area (Å²) in [7, 11) is 1.97. The number of nitrogens with zero attached hydrogens (tertiary/aromatic N) is 5. The average molecular weight is 315 g/mol. The Labute approximate surface area is 137 Å². The summed E-state index contributed by atoms with van der Waals surface area (Å²) in [5.41, 5.74) is 3.46. The number of likely N-dealkylation sites (tertiary alicyclic amines) is 1. The lowest BCUT2D eigenvalue weighted by atomic mass is 10.0. The van der Waals surface area contributed by atoms with Gasteiger partial charge < -0.3 is 4.90 Å². The molecule has 6 nitrogen and oxygen atoms in total. The maximum atomic E-state index is 12.7. The first kappa shape index (κ1) is 15.8. The van der Waals surface area contributed by atoms with E-state index >= 15 is 0 Å². The fourth-order valence-electron chi connectivity index (χ4n) is 3.61. The third kappa shape index (κ3) is 3.16. The van der Waals surface area contributed by atoms with E-state index < -0.39 is 0 Å². The Morgan fingerprint density at radius 3 is 2.87 bits per heavy atom. The molecule has 23 heavy (non-hydrogen) atoms. The fourth-order valence-corrected chi connectivity index (χ4v) is 3.61. The van der Waals surface area contributed by atoms with Gasteiger partial charge in [0.15, 0.2) is 0 Å². The van der Waals surface area contributed by atoms with Crippen molar-refractivity contribution in [2.45, 2.75) is 52.1 Å². The van der Waals surface area contributed by atoms with Gasteiger partial charge in [0.2, 0.25) is 5.91 Å². The number of carbonyl (C=O) groups is 1. The van der Waals surface area contributed by atoms with Crippen molar-refractivity contribution in [3.63, 3.8) is 0 Å². The monoisotopic (exact) mass is 315 g/mol. The lowest BCUT2D eigenvalue weighted by molar-refractivity contribution is -0.132. The van der Waals surface area contributed by atoms with Crippen LogP contribution in [0, 0.1) is 13.8 Å². The van der Waals surface area contributed by atoms with Crippen molar-refractivity contribution in [3.8, 4) is 0 Å². The molecule has 0 radical (unpaired) electrons. The Kier molecular flexibility index (Phi) is 4.50. The predicted molar refractivity (Wildman–Crippen MR) is 87.8 cm³/mol. The van der Waals surface area contributed by atoms with Crippen LogP contribution in [-0.2, 0) is 18.4 Å². The Bertz CT molecular complexity index is 673. The number of aryl methyl sites for hydroxylation is 3. The summed E-state index contributed by atoms with van der Waals surface area (Å²) in [6.45, 7) is 5.79. The third-order valence-corrected chi connectivity index (χ3v) is 4.81. The molecule has 3 rings (SSSR count). The van der Waals surface area contributed by atoms with Crippen molar-refractivity contribution >= 4 is 5.91 Å². The van der Waals surface area contributed by atoms with E-state index in [9.17, 15) is 4.79 Å². The maximum Gasteiger partial charge on any atom is 0.223 e. The smallest absolute Gasteiger partial charge is 0.223 e. The highest BCUT2D eigenvalue weighted by molar-refractivity contribution is 5.77. The van der Waals surface area contributed by atoms with E-state index in [-0.39, 0.29) is 11.9 Å². The molecule has 124 valence electrons. The molecule has 0 unspecified atom stereocenters. The first-order valence-corrected chi connectivity index (χ1v) is 8.35. The molecule has 2 aromatic heterocycles. The minimum atomic E-state index is 0.195. The van der Waals surface area contributed by atoms with Gasteiger partial charge >= 0.3 is 0 Å². The Morgan fingerprint density at radius 2 is 2.22 bits per heavy atom. The lowest BCUT2D eigenvalue weighted by Gasteiger charge is -2.25. The van der Waals surface area contributed by atoms with E-state index in [2.05, 4.69) is 22.0 Å². The van der Waals surface area contributed by atoms with Crippen LogP contribution in [0.1, 0.15) is 48.7 Å². The predicted octanol–water partition coefficient (Wildman–Crippen LogP) is 2.38. The summed E-state index contributed by atoms with van der Waals surface area (Å²) in [4.78, 5) is 14.7. The normalized spacial score (nSPS) is 17.9. The SMILES string of the molecule is Cc1nn(C)c(C)c1[C@H]1CCCN1C(=O)CCCn1cccn1. The van der Waals surface area contributed by atoms with Crippen molar-refractivity contribution in [2.24, 2.45) is 7.05 Å². The van der Waals surface area contributed by atoms with Crippen LogP contribution in [0.25, 0.3) is 0 Å². The van der Waals surface area contributed by atoms with Gasteiger partial charge in [-0.2, -0.15) is 10.2 Å². The minimum Gasteiger partial charge on any atom is -0.336 e. The van der Waals surface area contributed by atoms with Gasteiger partial charge in [-0.3, -0.25) is 14.2 Å². The molecule has 1 amide bonds. The van der Waals surface area contributed by atoms with Crippen LogP contribution in [0.15, 0.2) is 18.5 Å². The molecule has 0 aliphatic carbocycles. The Balaban J connectivity index is 1.65. The van der Waals surface area contributed by atoms with Gasteiger partial charge in [-0.25, -0.2) is 0 Å². The molecule has 1 aliphatic rings. The maximum absolute atomic E-state index is 12.7. The largest absolute Gasteiger partial charge is 0.336 e. The van der Waals surface area contributed by atoms with Crippen LogP contribution in [0.4, 0.5) is 0 Å². The van der Waals surface area contributed by atoms with Crippen molar-refractivity contribution in [1.82, 2.24) is 24.5 Å². The van der Waals surface area contributed by atoms with Gasteiger partial charge in [-0.15, -0.1) is 0 Å². The second kappa shape index (κ2) is 6.56. The second-order valence-electron chi connectivity index (χ2n) is 6.33. The Hall–Kier alpha value is -2.11. The number of hydrogen-bond donors (Lipinski definition) is 0. The summed E-state index contributed by atoms with van der Waals surface area (Å²) in [5, 5.41) is 8.69. The van der Waals surface area contributed by atoms with E-state index in [1.54, 1.807) is 6.20 Å². The zero-order valence-corrected chi connectivity index (χ0v) is 14.2. The quantitative estimate of drug-likeness (QED) is 0.851. The molecule has 1 aliphatic heterocycles. The van der Waals surface area contributed by atoms with Gasteiger partial charge in [0.05, 0.1) is 11.7 Å². The van der Waals surface area contributed by atoms with Gasteiger partial charge in [0, 0.05) is 50.2 Å². The molecule has 0 spiro atoms. The van der Waals surface area contributed by atoms with Crippen LogP contribution in [-0.4, -0.2) is 36.9 Å². The second-order valence-corrected chi connectivity index (χ2v) is 6.33. The molecule has 0 saturated carbocycles. The molecule has 0 N–H and O–H groups in total. The van der Waals surface area contributed by atoms with Gasteiger partial charge in [0.25, 0.3) is 0 Å². The number of amides is 1.